The normalized spacial score (nSPS) is 55.7. The fourth-order valence-corrected chi connectivity index (χ4v) is 13.4. The number of carboxylic acid groups (broad SMARTS) is 1. The fourth-order valence-electron chi connectivity index (χ4n) is 13.4. The van der Waals surface area contributed by atoms with E-state index in [0.717, 1.165) is 38.5 Å². The fraction of sp³-hybridized carbons (Fsp3) is 0.927. The molecule has 0 aromatic carbocycles. The zero-order valence-corrected chi connectivity index (χ0v) is 33.1. The second kappa shape index (κ2) is 13.7. The number of hydrogen-bond donors (Lipinski definition) is 8. The zero-order chi connectivity index (χ0) is 39.6. The lowest BCUT2D eigenvalue weighted by atomic mass is 9.33. The molecule has 7 rings (SSSR count). The van der Waals surface area contributed by atoms with Crippen LogP contribution in [-0.4, -0.2) is 128 Å². The average molecular weight is 767 g/mol. The third kappa shape index (κ3) is 5.76. The number of ether oxygens (including phenoxy) is 4. The van der Waals surface area contributed by atoms with E-state index in [1.807, 2.05) is 6.92 Å². The lowest BCUT2D eigenvalue weighted by Gasteiger charge is -2.71. The summed E-state index contributed by atoms with van der Waals surface area (Å²) in [6, 6.07) is 0. The molecule has 0 bridgehead atoms. The molecule has 13 heteroatoms. The molecule has 54 heavy (non-hydrogen) atoms. The number of aliphatic hydroxyl groups excluding tert-OH is 7. The van der Waals surface area contributed by atoms with Crippen molar-refractivity contribution in [3.05, 3.63) is 11.6 Å². The van der Waals surface area contributed by atoms with Crippen molar-refractivity contribution in [1.82, 2.24) is 0 Å². The molecule has 5 aliphatic carbocycles. The molecule has 0 aromatic rings. The van der Waals surface area contributed by atoms with Crippen molar-refractivity contribution in [1.29, 1.82) is 0 Å². The van der Waals surface area contributed by atoms with Gasteiger partial charge in [0.05, 0.1) is 31.5 Å². The number of carbonyl (C=O) groups is 1. The van der Waals surface area contributed by atoms with Crippen LogP contribution in [0.15, 0.2) is 11.6 Å². The Morgan fingerprint density at radius 2 is 1.54 bits per heavy atom. The molecular formula is C41H66O13. The molecule has 0 unspecified atom stereocenters. The molecule has 19 atom stereocenters. The minimum atomic E-state index is -1.64. The lowest BCUT2D eigenvalue weighted by molar-refractivity contribution is -0.365. The first-order chi connectivity index (χ1) is 25.1. The van der Waals surface area contributed by atoms with Crippen LogP contribution < -0.4 is 0 Å². The summed E-state index contributed by atoms with van der Waals surface area (Å²) in [5, 5.41) is 86.9. The van der Waals surface area contributed by atoms with Gasteiger partial charge in [-0.05, 0) is 104 Å². The van der Waals surface area contributed by atoms with Crippen LogP contribution in [0.3, 0.4) is 0 Å². The van der Waals surface area contributed by atoms with Crippen LogP contribution >= 0.6 is 0 Å². The molecule has 4 saturated carbocycles. The van der Waals surface area contributed by atoms with E-state index in [-0.39, 0.29) is 47.2 Å². The van der Waals surface area contributed by atoms with Gasteiger partial charge in [0.1, 0.15) is 42.0 Å². The molecular weight excluding hydrogens is 700 g/mol. The van der Waals surface area contributed by atoms with Gasteiger partial charge in [0.2, 0.25) is 0 Å². The molecule has 308 valence electrons. The second-order valence-corrected chi connectivity index (χ2v) is 20.1. The summed E-state index contributed by atoms with van der Waals surface area (Å²) in [5.41, 5.74) is -1.62. The second-order valence-electron chi connectivity index (χ2n) is 20.1. The molecule has 0 spiro atoms. The van der Waals surface area contributed by atoms with E-state index >= 15 is 0 Å². The molecule has 0 radical (unpaired) electrons. The molecule has 2 aliphatic heterocycles. The Labute approximate surface area is 319 Å². The summed E-state index contributed by atoms with van der Waals surface area (Å²) in [5.74, 6) is -0.912. The standard InChI is InChI=1S/C41H66O13/c1-20-28(45)30(47)31(48)33(52-20)54-32-29(46)23(43)18-51-34(32)53-27-11-12-37(4)24(38(27,5)19-42)10-13-39(6)25(37)9-8-21-22-16-36(2,3)14-15-41(22,35(49)50)26(44)17-40(21,39)7/h8,20,22-34,42-48H,9-19H2,1-7H3,(H,49,50)/t20-,22-,23-,24+,25+,26+,27-,28-,29-,30+,31+,32+,33-,34-,37-,38-,39+,40+,41+/m1/s1. The van der Waals surface area contributed by atoms with Gasteiger partial charge in [-0.15, -0.1) is 0 Å². The third-order valence-electron chi connectivity index (χ3n) is 17.0. The van der Waals surface area contributed by atoms with E-state index < -0.39 is 89.7 Å². The number of hydrogen-bond acceptors (Lipinski definition) is 12. The first-order valence-corrected chi connectivity index (χ1v) is 20.3. The SMILES string of the molecule is C[C@H]1O[C@H](O[C@@H]2[C@@H](O[C@@H]3CC[C@]4(C)[C@H](CC[C@@]5(C)[C@H]4CC=C4[C@H]6CC(C)(C)CC[C@@]6(C(=O)O)[C@@H](O)C[C@@]45C)[C@@]3(C)CO)OC[C@@H](O)[C@H]2O)[C@@H](O)[C@@H](O)[C@@H]1O. The first kappa shape index (κ1) is 40.9. The van der Waals surface area contributed by atoms with E-state index in [1.165, 1.54) is 12.5 Å². The monoisotopic (exact) mass is 766 g/mol. The Balaban J connectivity index is 1.16. The number of aliphatic carboxylic acids is 1. The summed E-state index contributed by atoms with van der Waals surface area (Å²) in [6.07, 6.45) is -5.25. The Morgan fingerprint density at radius 1 is 0.833 bits per heavy atom. The number of fused-ring (bicyclic) bond motifs is 7. The van der Waals surface area contributed by atoms with Gasteiger partial charge in [-0.2, -0.15) is 0 Å². The molecule has 2 heterocycles. The summed E-state index contributed by atoms with van der Waals surface area (Å²) < 4.78 is 24.3. The van der Waals surface area contributed by atoms with E-state index in [4.69, 9.17) is 18.9 Å². The van der Waals surface area contributed by atoms with Crippen molar-refractivity contribution in [2.45, 2.75) is 174 Å². The molecule has 0 aromatic heterocycles. The van der Waals surface area contributed by atoms with Crippen molar-refractivity contribution in [2.75, 3.05) is 13.2 Å². The van der Waals surface area contributed by atoms with Crippen molar-refractivity contribution >= 4 is 5.97 Å². The third-order valence-corrected chi connectivity index (χ3v) is 17.0. The van der Waals surface area contributed by atoms with Crippen LogP contribution in [0.2, 0.25) is 0 Å². The molecule has 13 nitrogen and oxygen atoms in total. The van der Waals surface area contributed by atoms with Crippen LogP contribution in [-0.2, 0) is 23.7 Å². The van der Waals surface area contributed by atoms with E-state index in [0.29, 0.717) is 19.3 Å². The summed E-state index contributed by atoms with van der Waals surface area (Å²) in [6.45, 7) is 14.6. The highest BCUT2D eigenvalue weighted by atomic mass is 16.8. The molecule has 0 amide bonds. The first-order valence-electron chi connectivity index (χ1n) is 20.3. The largest absolute Gasteiger partial charge is 0.481 e. The minimum Gasteiger partial charge on any atom is -0.481 e. The highest BCUT2D eigenvalue weighted by Gasteiger charge is 2.72. The predicted octanol–water partition coefficient (Wildman–Crippen LogP) is 2.49. The number of aliphatic hydroxyl groups is 7. The van der Waals surface area contributed by atoms with Crippen LogP contribution in [0.1, 0.15) is 106 Å². The maximum atomic E-state index is 13.1. The average Bonchev–Trinajstić information content (AvgIpc) is 3.10. The highest BCUT2D eigenvalue weighted by molar-refractivity contribution is 5.77. The van der Waals surface area contributed by atoms with Crippen LogP contribution in [0.5, 0.6) is 0 Å². The van der Waals surface area contributed by atoms with Gasteiger partial charge >= 0.3 is 5.97 Å². The Bertz CT molecular complexity index is 1470. The van der Waals surface area contributed by atoms with Crippen molar-refractivity contribution in [3.63, 3.8) is 0 Å². The zero-order valence-electron chi connectivity index (χ0n) is 33.1. The van der Waals surface area contributed by atoms with Crippen LogP contribution in [0.25, 0.3) is 0 Å². The van der Waals surface area contributed by atoms with Crippen molar-refractivity contribution in [3.8, 4) is 0 Å². The van der Waals surface area contributed by atoms with Gasteiger partial charge in [0, 0.05) is 5.41 Å². The Morgan fingerprint density at radius 3 is 2.20 bits per heavy atom. The van der Waals surface area contributed by atoms with Gasteiger partial charge in [-0.25, -0.2) is 0 Å². The summed E-state index contributed by atoms with van der Waals surface area (Å²) >= 11 is 0. The van der Waals surface area contributed by atoms with Gasteiger partial charge in [0.15, 0.2) is 12.6 Å². The van der Waals surface area contributed by atoms with Crippen molar-refractivity contribution < 1.29 is 64.6 Å². The topological polar surface area (TPSA) is 216 Å². The van der Waals surface area contributed by atoms with Gasteiger partial charge in [-0.3, -0.25) is 4.79 Å². The lowest BCUT2D eigenvalue weighted by Crippen LogP contribution is -2.68. The van der Waals surface area contributed by atoms with Crippen LogP contribution in [0, 0.1) is 50.2 Å². The quantitative estimate of drug-likeness (QED) is 0.144. The summed E-state index contributed by atoms with van der Waals surface area (Å²) in [4.78, 5) is 13.1. The highest BCUT2D eigenvalue weighted by Crippen LogP contribution is 2.76. The van der Waals surface area contributed by atoms with E-state index in [1.54, 1.807) is 0 Å². The van der Waals surface area contributed by atoms with E-state index in [9.17, 15) is 45.6 Å². The number of rotatable bonds is 6. The molecule has 7 aliphatic rings. The number of allylic oxidation sites excluding steroid dienone is 2. The van der Waals surface area contributed by atoms with E-state index in [2.05, 4.69) is 40.7 Å². The van der Waals surface area contributed by atoms with Gasteiger partial charge < -0.3 is 59.8 Å². The molecule has 8 N–H and O–H groups in total. The van der Waals surface area contributed by atoms with Gasteiger partial charge in [0.25, 0.3) is 0 Å². The smallest absolute Gasteiger partial charge is 0.312 e. The maximum absolute atomic E-state index is 13.1. The maximum Gasteiger partial charge on any atom is 0.312 e. The summed E-state index contributed by atoms with van der Waals surface area (Å²) in [7, 11) is 0. The van der Waals surface area contributed by atoms with Gasteiger partial charge in [-0.1, -0.05) is 53.2 Å². The van der Waals surface area contributed by atoms with Crippen LogP contribution in [0.4, 0.5) is 0 Å². The molecule has 6 fully saturated rings. The predicted molar refractivity (Wildman–Crippen MR) is 193 cm³/mol. The Kier molecular flexibility index (Phi) is 10.4. The Hall–Kier alpha value is -1.23. The molecule has 2 saturated heterocycles. The van der Waals surface area contributed by atoms with Crippen molar-refractivity contribution in [2.24, 2.45) is 50.2 Å². The number of carboxylic acids is 1. The minimum absolute atomic E-state index is 0.0186.